The fraction of sp³-hybridized carbons (Fsp3) is 0.476. The van der Waals surface area contributed by atoms with Crippen molar-refractivity contribution in [2.24, 2.45) is 0 Å². The fourth-order valence-corrected chi connectivity index (χ4v) is 3.65. The van der Waals surface area contributed by atoms with Crippen molar-refractivity contribution in [2.75, 3.05) is 29.4 Å². The third kappa shape index (κ3) is 4.76. The van der Waals surface area contributed by atoms with Crippen molar-refractivity contribution in [3.8, 4) is 0 Å². The second-order valence-electron chi connectivity index (χ2n) is 7.23. The van der Waals surface area contributed by atoms with Crippen LogP contribution in [-0.4, -0.2) is 47.6 Å². The number of rotatable bonds is 6. The summed E-state index contributed by atoms with van der Waals surface area (Å²) >= 11 is 0. The number of carbonyl (C=O) groups excluding carboxylic acids is 1. The molecule has 1 aromatic carbocycles. The Bertz CT molecular complexity index is 732. The molecule has 0 aliphatic carbocycles. The highest BCUT2D eigenvalue weighted by Crippen LogP contribution is 2.19. The number of piperidine rings is 1. The molecule has 6 nitrogen and oxygen atoms in total. The Morgan fingerprint density at radius 2 is 1.96 bits per heavy atom. The van der Waals surface area contributed by atoms with Crippen LogP contribution >= 0.6 is 0 Å². The molecule has 1 atom stereocenters. The number of nitrogens with zero attached hydrogens (tertiary/aromatic N) is 4. The van der Waals surface area contributed by atoms with Crippen LogP contribution < -0.4 is 15.1 Å². The Hall–Kier alpha value is -2.63. The average Bonchev–Trinajstić information content (AvgIpc) is 2.69. The number of carbonyl (C=O) groups is 1. The number of nitrogens with one attached hydrogen (secondary N) is 1. The Balaban J connectivity index is 1.61. The average molecular weight is 367 g/mol. The van der Waals surface area contributed by atoms with E-state index in [1.54, 1.807) is 12.4 Å². The standard InChI is InChI=1S/C21H29N5O/c1-4-26(16(2)3)19-10-8-17(9-11-19)20(27)24-18-7-5-14-25(15-18)21-22-12-6-13-23-21/h6,8-13,16,18H,4-5,7,14-15H2,1-3H3,(H,24,27). The lowest BCUT2D eigenvalue weighted by molar-refractivity contribution is 0.0933. The summed E-state index contributed by atoms with van der Waals surface area (Å²) in [4.78, 5) is 25.8. The SMILES string of the molecule is CCN(c1ccc(C(=O)NC2CCCN(c3ncccn3)C2)cc1)C(C)C. The molecule has 1 aliphatic rings. The molecule has 0 bridgehead atoms. The summed E-state index contributed by atoms with van der Waals surface area (Å²) < 4.78 is 0. The zero-order chi connectivity index (χ0) is 19.2. The van der Waals surface area contributed by atoms with Crippen molar-refractivity contribution < 1.29 is 4.79 Å². The summed E-state index contributed by atoms with van der Waals surface area (Å²) in [6.07, 6.45) is 5.50. The molecule has 144 valence electrons. The quantitative estimate of drug-likeness (QED) is 0.850. The smallest absolute Gasteiger partial charge is 0.251 e. The molecular weight excluding hydrogens is 338 g/mol. The van der Waals surface area contributed by atoms with Crippen LogP contribution in [0.25, 0.3) is 0 Å². The van der Waals surface area contributed by atoms with Crippen LogP contribution in [0.4, 0.5) is 11.6 Å². The maximum absolute atomic E-state index is 12.7. The number of anilines is 2. The van der Waals surface area contributed by atoms with Crippen molar-refractivity contribution >= 4 is 17.5 Å². The maximum Gasteiger partial charge on any atom is 0.251 e. The predicted octanol–water partition coefficient (Wildman–Crippen LogP) is 3.11. The van der Waals surface area contributed by atoms with Crippen molar-refractivity contribution in [1.29, 1.82) is 0 Å². The molecular formula is C21H29N5O. The van der Waals surface area contributed by atoms with Crippen LogP contribution in [0, 0.1) is 0 Å². The van der Waals surface area contributed by atoms with E-state index in [2.05, 4.69) is 45.9 Å². The lowest BCUT2D eigenvalue weighted by Crippen LogP contribution is -2.48. The number of amides is 1. The highest BCUT2D eigenvalue weighted by Gasteiger charge is 2.23. The van der Waals surface area contributed by atoms with Crippen molar-refractivity contribution in [3.05, 3.63) is 48.3 Å². The first-order valence-electron chi connectivity index (χ1n) is 9.78. The molecule has 2 heterocycles. The molecule has 1 unspecified atom stereocenters. The van der Waals surface area contributed by atoms with E-state index in [0.29, 0.717) is 11.6 Å². The molecule has 0 radical (unpaired) electrons. The highest BCUT2D eigenvalue weighted by atomic mass is 16.1. The summed E-state index contributed by atoms with van der Waals surface area (Å²) in [7, 11) is 0. The zero-order valence-corrected chi connectivity index (χ0v) is 16.4. The van der Waals surface area contributed by atoms with E-state index in [-0.39, 0.29) is 11.9 Å². The molecule has 1 fully saturated rings. The van der Waals surface area contributed by atoms with E-state index in [1.807, 2.05) is 30.3 Å². The van der Waals surface area contributed by atoms with E-state index < -0.39 is 0 Å². The third-order valence-electron chi connectivity index (χ3n) is 5.02. The molecule has 1 aromatic heterocycles. The van der Waals surface area contributed by atoms with E-state index in [9.17, 15) is 4.79 Å². The summed E-state index contributed by atoms with van der Waals surface area (Å²) in [5, 5.41) is 3.17. The number of benzene rings is 1. The molecule has 0 spiro atoms. The first-order valence-corrected chi connectivity index (χ1v) is 9.78. The third-order valence-corrected chi connectivity index (χ3v) is 5.02. The fourth-order valence-electron chi connectivity index (χ4n) is 3.65. The van der Waals surface area contributed by atoms with Gasteiger partial charge in [-0.2, -0.15) is 0 Å². The Morgan fingerprint density at radius 1 is 1.26 bits per heavy atom. The summed E-state index contributed by atoms with van der Waals surface area (Å²) in [5.41, 5.74) is 1.85. The van der Waals surface area contributed by atoms with E-state index in [1.165, 1.54) is 0 Å². The van der Waals surface area contributed by atoms with Gasteiger partial charge in [0.15, 0.2) is 0 Å². The van der Waals surface area contributed by atoms with Gasteiger partial charge in [-0.15, -0.1) is 0 Å². The number of hydrogen-bond donors (Lipinski definition) is 1. The molecule has 1 amide bonds. The van der Waals surface area contributed by atoms with E-state index >= 15 is 0 Å². The minimum absolute atomic E-state index is 0.0185. The molecule has 1 aliphatic heterocycles. The van der Waals surface area contributed by atoms with Gasteiger partial charge in [-0.25, -0.2) is 9.97 Å². The normalized spacial score (nSPS) is 17.0. The first-order chi connectivity index (χ1) is 13.1. The minimum atomic E-state index is -0.0185. The summed E-state index contributed by atoms with van der Waals surface area (Å²) in [6, 6.07) is 10.2. The number of hydrogen-bond acceptors (Lipinski definition) is 5. The molecule has 6 heteroatoms. The van der Waals surface area contributed by atoms with Gasteiger partial charge in [0, 0.05) is 55.4 Å². The topological polar surface area (TPSA) is 61.4 Å². The van der Waals surface area contributed by atoms with Gasteiger partial charge < -0.3 is 15.1 Å². The minimum Gasteiger partial charge on any atom is -0.369 e. The Morgan fingerprint density at radius 3 is 2.59 bits per heavy atom. The monoisotopic (exact) mass is 367 g/mol. The molecule has 3 rings (SSSR count). The van der Waals surface area contributed by atoms with Crippen LogP contribution in [0.15, 0.2) is 42.7 Å². The first kappa shape index (κ1) is 19.1. The van der Waals surface area contributed by atoms with Crippen molar-refractivity contribution in [1.82, 2.24) is 15.3 Å². The lowest BCUT2D eigenvalue weighted by atomic mass is 10.1. The zero-order valence-electron chi connectivity index (χ0n) is 16.4. The van der Waals surface area contributed by atoms with Crippen LogP contribution in [-0.2, 0) is 0 Å². The molecule has 2 aromatic rings. The number of aromatic nitrogens is 2. The van der Waals surface area contributed by atoms with Crippen LogP contribution in [0.1, 0.15) is 44.0 Å². The van der Waals surface area contributed by atoms with Gasteiger partial charge in [-0.1, -0.05) is 0 Å². The summed E-state index contributed by atoms with van der Waals surface area (Å²) in [6.45, 7) is 9.11. The van der Waals surface area contributed by atoms with Gasteiger partial charge in [0.2, 0.25) is 5.95 Å². The van der Waals surface area contributed by atoms with Gasteiger partial charge in [-0.3, -0.25) is 4.79 Å². The molecule has 0 saturated carbocycles. The predicted molar refractivity (Wildman–Crippen MR) is 109 cm³/mol. The Kier molecular flexibility index (Phi) is 6.27. The van der Waals surface area contributed by atoms with Crippen LogP contribution in [0.3, 0.4) is 0 Å². The van der Waals surface area contributed by atoms with Gasteiger partial charge in [0.05, 0.1) is 0 Å². The second-order valence-corrected chi connectivity index (χ2v) is 7.23. The largest absolute Gasteiger partial charge is 0.369 e. The Labute approximate surface area is 161 Å². The van der Waals surface area contributed by atoms with Crippen LogP contribution in [0.5, 0.6) is 0 Å². The van der Waals surface area contributed by atoms with Gasteiger partial charge in [0.25, 0.3) is 5.91 Å². The molecule has 1 N–H and O–H groups in total. The maximum atomic E-state index is 12.7. The van der Waals surface area contributed by atoms with E-state index in [4.69, 9.17) is 0 Å². The summed E-state index contributed by atoms with van der Waals surface area (Å²) in [5.74, 6) is 0.712. The molecule has 1 saturated heterocycles. The van der Waals surface area contributed by atoms with Gasteiger partial charge in [0.1, 0.15) is 0 Å². The molecule has 27 heavy (non-hydrogen) atoms. The van der Waals surface area contributed by atoms with Gasteiger partial charge >= 0.3 is 0 Å². The van der Waals surface area contributed by atoms with E-state index in [0.717, 1.165) is 44.1 Å². The van der Waals surface area contributed by atoms with Crippen molar-refractivity contribution in [2.45, 2.75) is 45.7 Å². The van der Waals surface area contributed by atoms with Crippen LogP contribution in [0.2, 0.25) is 0 Å². The highest BCUT2D eigenvalue weighted by molar-refractivity contribution is 5.94. The second kappa shape index (κ2) is 8.84. The van der Waals surface area contributed by atoms with Gasteiger partial charge in [-0.05, 0) is 63.9 Å². The van der Waals surface area contributed by atoms with Crippen molar-refractivity contribution in [3.63, 3.8) is 0 Å². The lowest BCUT2D eigenvalue weighted by Gasteiger charge is -2.33.